The summed E-state index contributed by atoms with van der Waals surface area (Å²) in [5, 5.41) is 2.99. The highest BCUT2D eigenvalue weighted by molar-refractivity contribution is 5.88. The first-order chi connectivity index (χ1) is 14.1. The number of hydrogen-bond acceptors (Lipinski definition) is 4. The number of benzene rings is 2. The van der Waals surface area contributed by atoms with Crippen molar-refractivity contribution in [2.24, 2.45) is 0 Å². The van der Waals surface area contributed by atoms with E-state index in [2.05, 4.69) is 5.32 Å². The van der Waals surface area contributed by atoms with Gasteiger partial charge in [-0.15, -0.1) is 0 Å². The van der Waals surface area contributed by atoms with E-state index in [4.69, 9.17) is 9.47 Å². The summed E-state index contributed by atoms with van der Waals surface area (Å²) >= 11 is 0. The molecule has 1 unspecified atom stereocenters. The Hall–Kier alpha value is -3.02. The Morgan fingerprint density at radius 1 is 1.10 bits per heavy atom. The van der Waals surface area contributed by atoms with Crippen molar-refractivity contribution in [2.75, 3.05) is 14.2 Å². The minimum atomic E-state index is -0.481. The van der Waals surface area contributed by atoms with Gasteiger partial charge in [-0.1, -0.05) is 36.8 Å². The van der Waals surface area contributed by atoms with Crippen LogP contribution in [0.4, 0.5) is 0 Å². The van der Waals surface area contributed by atoms with E-state index in [-0.39, 0.29) is 11.8 Å². The van der Waals surface area contributed by atoms with Crippen LogP contribution in [0.2, 0.25) is 0 Å². The lowest BCUT2D eigenvalue weighted by molar-refractivity contribution is -0.140. The van der Waals surface area contributed by atoms with Gasteiger partial charge in [-0.25, -0.2) is 0 Å². The minimum absolute atomic E-state index is 0.0164. The molecule has 6 nitrogen and oxygen atoms in total. The number of hydrogen-bond donors (Lipinski definition) is 1. The van der Waals surface area contributed by atoms with Crippen LogP contribution in [0.3, 0.4) is 0 Å². The van der Waals surface area contributed by atoms with Gasteiger partial charge < -0.3 is 19.7 Å². The third-order valence-electron chi connectivity index (χ3n) is 5.25. The maximum Gasteiger partial charge on any atom is 0.243 e. The minimum Gasteiger partial charge on any atom is -0.497 e. The highest BCUT2D eigenvalue weighted by Gasteiger charge is 2.31. The van der Waals surface area contributed by atoms with Gasteiger partial charge >= 0.3 is 0 Å². The molecule has 2 aromatic rings. The zero-order valence-electron chi connectivity index (χ0n) is 17.0. The van der Waals surface area contributed by atoms with E-state index in [1.807, 2.05) is 48.5 Å². The molecule has 3 rings (SSSR count). The first-order valence-electron chi connectivity index (χ1n) is 9.94. The van der Waals surface area contributed by atoms with Gasteiger partial charge in [-0.3, -0.25) is 9.59 Å². The molecule has 2 aromatic carbocycles. The van der Waals surface area contributed by atoms with Crippen LogP contribution in [-0.2, 0) is 22.7 Å². The Morgan fingerprint density at radius 3 is 2.72 bits per heavy atom. The molecular weight excluding hydrogens is 368 g/mol. The second kappa shape index (κ2) is 9.96. The van der Waals surface area contributed by atoms with E-state index >= 15 is 0 Å². The molecule has 1 N–H and O–H groups in total. The van der Waals surface area contributed by atoms with Crippen LogP contribution >= 0.6 is 0 Å². The summed E-state index contributed by atoms with van der Waals surface area (Å²) in [5.41, 5.74) is 1.85. The molecule has 1 fully saturated rings. The molecule has 1 saturated heterocycles. The Bertz CT molecular complexity index is 852. The zero-order chi connectivity index (χ0) is 20.6. The van der Waals surface area contributed by atoms with Gasteiger partial charge in [0.2, 0.25) is 11.8 Å². The van der Waals surface area contributed by atoms with E-state index < -0.39 is 6.04 Å². The third kappa shape index (κ3) is 5.28. The maximum absolute atomic E-state index is 13.0. The van der Waals surface area contributed by atoms with Crippen molar-refractivity contribution < 1.29 is 19.1 Å². The van der Waals surface area contributed by atoms with Gasteiger partial charge in [-0.05, 0) is 36.6 Å². The highest BCUT2D eigenvalue weighted by Crippen LogP contribution is 2.23. The molecule has 154 valence electrons. The molecule has 0 aliphatic carbocycles. The number of rotatable bonds is 7. The molecule has 1 aliphatic rings. The number of carbonyl (C=O) groups excluding carboxylic acids is 2. The van der Waals surface area contributed by atoms with Crippen molar-refractivity contribution in [3.8, 4) is 11.5 Å². The number of methoxy groups -OCH3 is 2. The topological polar surface area (TPSA) is 67.9 Å². The summed E-state index contributed by atoms with van der Waals surface area (Å²) in [5.74, 6) is 1.36. The van der Waals surface area contributed by atoms with E-state index in [9.17, 15) is 9.59 Å². The van der Waals surface area contributed by atoms with Crippen LogP contribution in [0, 0.1) is 0 Å². The first-order valence-corrected chi connectivity index (χ1v) is 9.94. The van der Waals surface area contributed by atoms with Crippen LogP contribution < -0.4 is 14.8 Å². The van der Waals surface area contributed by atoms with Crippen molar-refractivity contribution in [2.45, 2.75) is 44.8 Å². The number of nitrogens with one attached hydrogen (secondary N) is 1. The first kappa shape index (κ1) is 20.7. The number of ether oxygens (including phenoxy) is 2. The smallest absolute Gasteiger partial charge is 0.243 e. The molecule has 0 aromatic heterocycles. The molecular formula is C23H28N2O4. The molecule has 1 heterocycles. The van der Waals surface area contributed by atoms with Crippen molar-refractivity contribution in [3.05, 3.63) is 59.7 Å². The molecule has 2 amide bonds. The standard InChI is InChI=1S/C23H28N2O4/c1-28-19-10-7-8-17(14-19)16-25-20(11-4-6-13-22(25)26)23(27)24-15-18-9-3-5-12-21(18)29-2/h3,5,7-10,12,14,20H,4,6,11,13,15-16H2,1-2H3,(H,24,27). The summed E-state index contributed by atoms with van der Waals surface area (Å²) in [4.78, 5) is 27.5. The fourth-order valence-electron chi connectivity index (χ4n) is 3.67. The lowest BCUT2D eigenvalue weighted by Crippen LogP contribution is -2.48. The summed E-state index contributed by atoms with van der Waals surface area (Å²) in [7, 11) is 3.23. The zero-order valence-corrected chi connectivity index (χ0v) is 17.0. The Kier molecular flexibility index (Phi) is 7.11. The summed E-state index contributed by atoms with van der Waals surface area (Å²) in [6.45, 7) is 0.753. The molecule has 0 spiro atoms. The molecule has 29 heavy (non-hydrogen) atoms. The summed E-state index contributed by atoms with van der Waals surface area (Å²) < 4.78 is 10.6. The predicted octanol–water partition coefficient (Wildman–Crippen LogP) is 3.29. The Morgan fingerprint density at radius 2 is 1.93 bits per heavy atom. The number of nitrogens with zero attached hydrogens (tertiary/aromatic N) is 1. The number of amides is 2. The fraction of sp³-hybridized carbons (Fsp3) is 0.391. The lowest BCUT2D eigenvalue weighted by atomic mass is 10.1. The van der Waals surface area contributed by atoms with Gasteiger partial charge in [0.15, 0.2) is 0 Å². The predicted molar refractivity (Wildman–Crippen MR) is 111 cm³/mol. The Balaban J connectivity index is 1.74. The third-order valence-corrected chi connectivity index (χ3v) is 5.25. The Labute approximate surface area is 171 Å². The molecule has 0 bridgehead atoms. The number of carbonyl (C=O) groups is 2. The average molecular weight is 396 g/mol. The normalized spacial score (nSPS) is 16.8. The molecule has 6 heteroatoms. The number of para-hydroxylation sites is 1. The van der Waals surface area contributed by atoms with Gasteiger partial charge in [0.1, 0.15) is 17.5 Å². The fourth-order valence-corrected chi connectivity index (χ4v) is 3.67. The molecule has 1 atom stereocenters. The maximum atomic E-state index is 13.0. The van der Waals surface area contributed by atoms with Crippen LogP contribution in [0.1, 0.15) is 36.8 Å². The highest BCUT2D eigenvalue weighted by atomic mass is 16.5. The van der Waals surface area contributed by atoms with Gasteiger partial charge in [0, 0.05) is 25.1 Å². The van der Waals surface area contributed by atoms with E-state index in [0.717, 1.165) is 35.5 Å². The van der Waals surface area contributed by atoms with Crippen molar-refractivity contribution >= 4 is 11.8 Å². The number of likely N-dealkylation sites (tertiary alicyclic amines) is 1. The SMILES string of the molecule is COc1cccc(CN2C(=O)CCCCC2C(=O)NCc2ccccc2OC)c1. The van der Waals surface area contributed by atoms with Crippen LogP contribution in [0.25, 0.3) is 0 Å². The van der Waals surface area contributed by atoms with E-state index in [0.29, 0.717) is 25.9 Å². The summed E-state index contributed by atoms with van der Waals surface area (Å²) in [6, 6.07) is 14.7. The van der Waals surface area contributed by atoms with Gasteiger partial charge in [0.05, 0.1) is 14.2 Å². The van der Waals surface area contributed by atoms with Crippen molar-refractivity contribution in [1.29, 1.82) is 0 Å². The second-order valence-electron chi connectivity index (χ2n) is 7.16. The van der Waals surface area contributed by atoms with Crippen LogP contribution in [-0.4, -0.2) is 37.0 Å². The van der Waals surface area contributed by atoms with E-state index in [1.54, 1.807) is 19.1 Å². The molecule has 1 aliphatic heterocycles. The quantitative estimate of drug-likeness (QED) is 0.780. The lowest BCUT2D eigenvalue weighted by Gasteiger charge is -2.29. The molecule has 0 radical (unpaired) electrons. The average Bonchev–Trinajstić information content (AvgIpc) is 2.94. The van der Waals surface area contributed by atoms with Gasteiger partial charge in [0.25, 0.3) is 0 Å². The molecule has 0 saturated carbocycles. The van der Waals surface area contributed by atoms with Crippen molar-refractivity contribution in [3.63, 3.8) is 0 Å². The monoisotopic (exact) mass is 396 g/mol. The summed E-state index contributed by atoms with van der Waals surface area (Å²) in [6.07, 6.45) is 2.80. The van der Waals surface area contributed by atoms with Crippen LogP contribution in [0.5, 0.6) is 11.5 Å². The van der Waals surface area contributed by atoms with Crippen molar-refractivity contribution in [1.82, 2.24) is 10.2 Å². The second-order valence-corrected chi connectivity index (χ2v) is 7.16. The largest absolute Gasteiger partial charge is 0.497 e. The van der Waals surface area contributed by atoms with E-state index in [1.165, 1.54) is 0 Å². The van der Waals surface area contributed by atoms with Crippen LogP contribution in [0.15, 0.2) is 48.5 Å². The van der Waals surface area contributed by atoms with Gasteiger partial charge in [-0.2, -0.15) is 0 Å².